The normalized spacial score (nSPS) is 24.0. The van der Waals surface area contributed by atoms with Crippen LogP contribution in [-0.2, 0) is 0 Å². The molecule has 82 valence electrons. The second-order valence-corrected chi connectivity index (χ2v) is 5.42. The first-order valence-electron chi connectivity index (χ1n) is 5.80. The van der Waals surface area contributed by atoms with E-state index < -0.39 is 0 Å². The Hall–Kier alpha value is -1.54. The summed E-state index contributed by atoms with van der Waals surface area (Å²) in [5.74, 6) is 0. The molecule has 2 atom stereocenters. The molecule has 0 spiro atoms. The molecule has 1 aliphatic carbocycles. The van der Waals surface area contributed by atoms with Gasteiger partial charge in [-0.2, -0.15) is 0 Å². The van der Waals surface area contributed by atoms with Crippen molar-refractivity contribution in [1.82, 2.24) is 0 Å². The summed E-state index contributed by atoms with van der Waals surface area (Å²) in [4.78, 5) is 4.64. The molecule has 1 nitrogen and oxygen atoms in total. The van der Waals surface area contributed by atoms with Crippen LogP contribution in [0.25, 0.3) is 11.1 Å². The number of nitrogens with zero attached hydrogens (tertiary/aromatic N) is 1. The summed E-state index contributed by atoms with van der Waals surface area (Å²) in [7, 11) is 0. The number of thioether (sulfide) groups is 1. The van der Waals surface area contributed by atoms with E-state index in [1.807, 2.05) is 17.3 Å². The number of hydrogen-bond acceptors (Lipinski definition) is 2. The van der Waals surface area contributed by atoms with Gasteiger partial charge in [-0.3, -0.25) is 4.99 Å². The average Bonchev–Trinajstić information content (AvgIpc) is 2.89. The zero-order valence-corrected chi connectivity index (χ0v) is 10.0. The van der Waals surface area contributed by atoms with Crippen LogP contribution in [0.2, 0.25) is 0 Å². The topological polar surface area (TPSA) is 12.4 Å². The van der Waals surface area contributed by atoms with E-state index in [1.165, 1.54) is 22.3 Å². The Morgan fingerprint density at radius 3 is 2.29 bits per heavy atom. The molecular formula is C15H11NS. The minimum atomic E-state index is 0.311. The van der Waals surface area contributed by atoms with Crippen molar-refractivity contribution in [2.75, 3.05) is 0 Å². The summed E-state index contributed by atoms with van der Waals surface area (Å²) < 4.78 is 0. The first-order valence-corrected chi connectivity index (χ1v) is 6.75. The molecule has 2 aliphatic rings. The van der Waals surface area contributed by atoms with Crippen molar-refractivity contribution in [2.45, 2.75) is 11.3 Å². The summed E-state index contributed by atoms with van der Waals surface area (Å²) in [5.41, 5.74) is 7.54. The van der Waals surface area contributed by atoms with Crippen LogP contribution in [0.4, 0.5) is 0 Å². The second-order valence-electron chi connectivity index (χ2n) is 4.43. The molecule has 2 aromatic carbocycles. The molecule has 0 bridgehead atoms. The van der Waals surface area contributed by atoms with Crippen LogP contribution in [-0.4, -0.2) is 5.55 Å². The fourth-order valence-electron chi connectivity index (χ4n) is 2.80. The summed E-state index contributed by atoms with van der Waals surface area (Å²) in [6.45, 7) is 0. The number of aliphatic imine (C=N–C) groups is 1. The van der Waals surface area contributed by atoms with Crippen LogP contribution in [0.3, 0.4) is 0 Å². The van der Waals surface area contributed by atoms with Gasteiger partial charge < -0.3 is 0 Å². The first-order chi connectivity index (χ1) is 8.45. The molecule has 2 heteroatoms. The highest BCUT2D eigenvalue weighted by molar-refractivity contribution is 8.12. The van der Waals surface area contributed by atoms with Gasteiger partial charge in [-0.1, -0.05) is 48.5 Å². The number of hydrogen-bond donors (Lipinski definition) is 0. The lowest BCUT2D eigenvalue weighted by atomic mass is 9.82. The summed E-state index contributed by atoms with van der Waals surface area (Å²) >= 11 is 1.84. The molecule has 2 unspecified atom stereocenters. The Morgan fingerprint density at radius 2 is 1.47 bits per heavy atom. The smallest absolute Gasteiger partial charge is 0.0924 e. The van der Waals surface area contributed by atoms with Crippen LogP contribution >= 0.6 is 11.8 Å². The van der Waals surface area contributed by atoms with Crippen molar-refractivity contribution in [3.63, 3.8) is 0 Å². The maximum Gasteiger partial charge on any atom is 0.0924 e. The van der Waals surface area contributed by atoms with E-state index in [2.05, 4.69) is 53.5 Å². The highest BCUT2D eigenvalue weighted by Gasteiger charge is 2.35. The molecule has 0 radical (unpaired) electrons. The lowest BCUT2D eigenvalue weighted by Gasteiger charge is -2.28. The minimum absolute atomic E-state index is 0.311. The molecule has 0 amide bonds. The standard InChI is InChI=1S/C15H11NS/c1-3-7-12-10(5-1)11-6-2-4-8-13(11)15-14(12)16-9-17-15/h1-9,14-15H. The zero-order chi connectivity index (χ0) is 11.2. The first kappa shape index (κ1) is 9.49. The number of fused-ring (bicyclic) bond motifs is 6. The van der Waals surface area contributed by atoms with Crippen molar-refractivity contribution in [3.8, 4) is 11.1 Å². The van der Waals surface area contributed by atoms with E-state index in [9.17, 15) is 0 Å². The van der Waals surface area contributed by atoms with Crippen LogP contribution in [0.1, 0.15) is 22.4 Å². The van der Waals surface area contributed by atoms with E-state index >= 15 is 0 Å². The largest absolute Gasteiger partial charge is 0.277 e. The van der Waals surface area contributed by atoms with Gasteiger partial charge in [-0.15, -0.1) is 11.8 Å². The third kappa shape index (κ3) is 1.25. The van der Waals surface area contributed by atoms with Crippen molar-refractivity contribution in [2.24, 2.45) is 4.99 Å². The highest BCUT2D eigenvalue weighted by atomic mass is 32.2. The number of rotatable bonds is 0. The zero-order valence-electron chi connectivity index (χ0n) is 9.21. The summed E-state index contributed by atoms with van der Waals surface area (Å²) in [6.07, 6.45) is 0. The molecule has 0 N–H and O–H groups in total. The Morgan fingerprint density at radius 1 is 0.824 bits per heavy atom. The predicted molar refractivity (Wildman–Crippen MR) is 73.4 cm³/mol. The molecule has 4 rings (SSSR count). The lowest BCUT2D eigenvalue weighted by Crippen LogP contribution is -2.11. The van der Waals surface area contributed by atoms with Crippen molar-refractivity contribution in [1.29, 1.82) is 0 Å². The molecule has 17 heavy (non-hydrogen) atoms. The molecule has 1 heterocycles. The molecule has 0 saturated heterocycles. The molecule has 0 saturated carbocycles. The van der Waals surface area contributed by atoms with Gasteiger partial charge in [-0.05, 0) is 22.3 Å². The second kappa shape index (κ2) is 3.47. The van der Waals surface area contributed by atoms with E-state index in [1.54, 1.807) is 0 Å². The minimum Gasteiger partial charge on any atom is -0.277 e. The third-order valence-corrected chi connectivity index (χ3v) is 4.60. The van der Waals surface area contributed by atoms with Gasteiger partial charge in [0, 0.05) is 0 Å². The van der Waals surface area contributed by atoms with Gasteiger partial charge >= 0.3 is 0 Å². The molecular weight excluding hydrogens is 226 g/mol. The Labute approximate surface area is 105 Å². The average molecular weight is 237 g/mol. The third-order valence-electron chi connectivity index (χ3n) is 3.55. The van der Waals surface area contributed by atoms with Crippen LogP contribution in [0.5, 0.6) is 0 Å². The van der Waals surface area contributed by atoms with Crippen LogP contribution < -0.4 is 0 Å². The quantitative estimate of drug-likeness (QED) is 0.668. The monoisotopic (exact) mass is 237 g/mol. The summed E-state index contributed by atoms with van der Waals surface area (Å²) in [6, 6.07) is 17.7. The molecule has 1 aliphatic heterocycles. The van der Waals surface area contributed by atoms with Gasteiger partial charge in [0.2, 0.25) is 0 Å². The van der Waals surface area contributed by atoms with Crippen molar-refractivity contribution < 1.29 is 0 Å². The maximum atomic E-state index is 4.64. The van der Waals surface area contributed by atoms with Gasteiger partial charge in [-0.25, -0.2) is 0 Å². The van der Waals surface area contributed by atoms with Gasteiger partial charge in [0.15, 0.2) is 0 Å². The fourth-order valence-corrected chi connectivity index (χ4v) is 3.85. The van der Waals surface area contributed by atoms with Crippen molar-refractivity contribution in [3.05, 3.63) is 59.7 Å². The molecule has 0 aromatic heterocycles. The van der Waals surface area contributed by atoms with E-state index in [-0.39, 0.29) is 0 Å². The maximum absolute atomic E-state index is 4.64. The van der Waals surface area contributed by atoms with E-state index in [4.69, 9.17) is 0 Å². The molecule has 2 aromatic rings. The van der Waals surface area contributed by atoms with E-state index in [0.717, 1.165) is 0 Å². The molecule has 0 fully saturated rings. The van der Waals surface area contributed by atoms with Gasteiger partial charge in [0.1, 0.15) is 0 Å². The fraction of sp³-hybridized carbons (Fsp3) is 0.133. The van der Waals surface area contributed by atoms with Gasteiger partial charge in [0.05, 0.1) is 16.8 Å². The SMILES string of the molecule is C1=NC2c3ccccc3-c3ccccc3C2S1. The van der Waals surface area contributed by atoms with Crippen LogP contribution in [0, 0.1) is 0 Å². The predicted octanol–water partition coefficient (Wildman–Crippen LogP) is 4.22. The van der Waals surface area contributed by atoms with Crippen molar-refractivity contribution >= 4 is 17.3 Å². The lowest BCUT2D eigenvalue weighted by molar-refractivity contribution is 0.716. The Bertz CT molecular complexity index is 618. The highest BCUT2D eigenvalue weighted by Crippen LogP contribution is 2.54. The Kier molecular flexibility index (Phi) is 1.94. The number of benzene rings is 2. The van der Waals surface area contributed by atoms with Crippen LogP contribution in [0.15, 0.2) is 53.5 Å². The Balaban J connectivity index is 2.06. The van der Waals surface area contributed by atoms with Gasteiger partial charge in [0.25, 0.3) is 0 Å². The van der Waals surface area contributed by atoms with E-state index in [0.29, 0.717) is 11.3 Å². The summed E-state index contributed by atoms with van der Waals surface area (Å²) in [5, 5.41) is 0.473.